The summed E-state index contributed by atoms with van der Waals surface area (Å²) in [6, 6.07) is 1.76. The Morgan fingerprint density at radius 1 is 1.50 bits per heavy atom. The van der Waals surface area contributed by atoms with Crippen molar-refractivity contribution >= 4 is 5.91 Å². The molecule has 0 aromatic carbocycles. The Morgan fingerprint density at radius 2 is 2.14 bits per heavy atom. The molecule has 1 N–H and O–H groups in total. The first-order valence-electron chi connectivity index (χ1n) is 4.75. The van der Waals surface area contributed by atoms with Crippen LogP contribution in [0.3, 0.4) is 0 Å². The predicted molar refractivity (Wildman–Crippen MR) is 53.0 cm³/mol. The van der Waals surface area contributed by atoms with Gasteiger partial charge < -0.3 is 9.84 Å². The van der Waals surface area contributed by atoms with Crippen molar-refractivity contribution in [2.45, 2.75) is 33.7 Å². The van der Waals surface area contributed by atoms with Gasteiger partial charge in [-0.3, -0.25) is 4.79 Å². The molecule has 4 heteroatoms. The van der Waals surface area contributed by atoms with Crippen LogP contribution in [0.1, 0.15) is 37.0 Å². The summed E-state index contributed by atoms with van der Waals surface area (Å²) in [4.78, 5) is 11.5. The first-order valence-corrected chi connectivity index (χ1v) is 4.75. The Bertz CT molecular complexity index is 318. The van der Waals surface area contributed by atoms with Gasteiger partial charge in [0.2, 0.25) is 5.76 Å². The molecule has 0 aliphatic heterocycles. The van der Waals surface area contributed by atoms with Crippen molar-refractivity contribution in [1.82, 2.24) is 10.5 Å². The van der Waals surface area contributed by atoms with Crippen molar-refractivity contribution in [3.63, 3.8) is 0 Å². The van der Waals surface area contributed by atoms with Gasteiger partial charge in [0, 0.05) is 12.1 Å². The summed E-state index contributed by atoms with van der Waals surface area (Å²) >= 11 is 0. The molecule has 78 valence electrons. The molecular formula is C10H16N2O2. The monoisotopic (exact) mass is 196 g/mol. The van der Waals surface area contributed by atoms with E-state index in [-0.39, 0.29) is 17.7 Å². The van der Waals surface area contributed by atoms with Gasteiger partial charge in [0.1, 0.15) is 0 Å². The second kappa shape index (κ2) is 4.26. The summed E-state index contributed by atoms with van der Waals surface area (Å²) in [5.74, 6) is 0.477. The first-order chi connectivity index (χ1) is 6.50. The number of carbonyl (C=O) groups is 1. The Labute approximate surface area is 83.7 Å². The Hall–Kier alpha value is -1.32. The molecule has 0 fully saturated rings. The van der Waals surface area contributed by atoms with Crippen molar-refractivity contribution in [1.29, 1.82) is 0 Å². The minimum atomic E-state index is -0.202. The van der Waals surface area contributed by atoms with Gasteiger partial charge in [-0.05, 0) is 19.8 Å². The van der Waals surface area contributed by atoms with Gasteiger partial charge >= 0.3 is 0 Å². The number of nitrogens with zero attached hydrogens (tertiary/aromatic N) is 1. The van der Waals surface area contributed by atoms with E-state index in [9.17, 15) is 4.79 Å². The molecule has 0 saturated heterocycles. The van der Waals surface area contributed by atoms with Crippen LogP contribution in [0.5, 0.6) is 0 Å². The number of nitrogens with one attached hydrogen (secondary N) is 1. The minimum Gasteiger partial charge on any atom is -0.351 e. The third-order valence-electron chi connectivity index (χ3n) is 2.21. The highest BCUT2D eigenvalue weighted by molar-refractivity contribution is 5.91. The van der Waals surface area contributed by atoms with Gasteiger partial charge in [-0.2, -0.15) is 0 Å². The van der Waals surface area contributed by atoms with Crippen molar-refractivity contribution in [2.24, 2.45) is 5.92 Å². The normalized spacial score (nSPS) is 12.9. The van der Waals surface area contributed by atoms with E-state index < -0.39 is 0 Å². The number of aryl methyl sites for hydroxylation is 1. The number of rotatable bonds is 3. The van der Waals surface area contributed by atoms with Gasteiger partial charge in [-0.25, -0.2) is 0 Å². The lowest BCUT2D eigenvalue weighted by molar-refractivity contribution is 0.0893. The fraction of sp³-hybridized carbons (Fsp3) is 0.600. The van der Waals surface area contributed by atoms with Gasteiger partial charge in [-0.15, -0.1) is 0 Å². The second-order valence-corrected chi connectivity index (χ2v) is 3.84. The van der Waals surface area contributed by atoms with Gasteiger partial charge in [0.15, 0.2) is 0 Å². The SMILES string of the molecule is Cc1cc(C(=O)NC(C)C(C)C)on1. The van der Waals surface area contributed by atoms with Gasteiger partial charge in [-0.1, -0.05) is 19.0 Å². The van der Waals surface area contributed by atoms with Crippen molar-refractivity contribution in [3.05, 3.63) is 17.5 Å². The third-order valence-corrected chi connectivity index (χ3v) is 2.21. The molecule has 0 saturated carbocycles. The number of aromatic nitrogens is 1. The molecule has 0 radical (unpaired) electrons. The van der Waals surface area contributed by atoms with Crippen LogP contribution >= 0.6 is 0 Å². The summed E-state index contributed by atoms with van der Waals surface area (Å²) in [5.41, 5.74) is 0.715. The molecule has 0 aliphatic carbocycles. The maximum atomic E-state index is 11.5. The molecule has 1 aromatic heterocycles. The highest BCUT2D eigenvalue weighted by atomic mass is 16.5. The predicted octanol–water partition coefficient (Wildman–Crippen LogP) is 1.76. The molecule has 1 atom stereocenters. The summed E-state index contributed by atoms with van der Waals surface area (Å²) in [6.07, 6.45) is 0. The van der Waals surface area contributed by atoms with E-state index in [2.05, 4.69) is 24.3 Å². The molecule has 1 amide bonds. The number of amides is 1. The van der Waals surface area contributed by atoms with Crippen LogP contribution in [0, 0.1) is 12.8 Å². The van der Waals surface area contributed by atoms with E-state index >= 15 is 0 Å². The molecular weight excluding hydrogens is 180 g/mol. The smallest absolute Gasteiger partial charge is 0.290 e. The fourth-order valence-corrected chi connectivity index (χ4v) is 0.915. The van der Waals surface area contributed by atoms with E-state index in [4.69, 9.17) is 4.52 Å². The Kier molecular flexibility index (Phi) is 3.28. The summed E-state index contributed by atoms with van der Waals surface area (Å²) in [6.45, 7) is 7.85. The molecule has 4 nitrogen and oxygen atoms in total. The quantitative estimate of drug-likeness (QED) is 0.801. The van der Waals surface area contributed by atoms with E-state index in [1.807, 2.05) is 6.92 Å². The van der Waals surface area contributed by atoms with Crippen molar-refractivity contribution in [3.8, 4) is 0 Å². The number of carbonyl (C=O) groups excluding carboxylic acids is 1. The average molecular weight is 196 g/mol. The van der Waals surface area contributed by atoms with Crippen LogP contribution in [-0.4, -0.2) is 17.1 Å². The topological polar surface area (TPSA) is 55.1 Å². The van der Waals surface area contributed by atoms with E-state index in [1.165, 1.54) is 0 Å². The molecule has 1 unspecified atom stereocenters. The van der Waals surface area contributed by atoms with Crippen molar-refractivity contribution in [2.75, 3.05) is 0 Å². The van der Waals surface area contributed by atoms with Gasteiger partial charge in [0.25, 0.3) is 5.91 Å². The van der Waals surface area contributed by atoms with Crippen LogP contribution in [-0.2, 0) is 0 Å². The van der Waals surface area contributed by atoms with Crippen LogP contribution in [0.4, 0.5) is 0 Å². The highest BCUT2D eigenvalue weighted by Gasteiger charge is 2.15. The average Bonchev–Trinajstić information content (AvgIpc) is 2.51. The highest BCUT2D eigenvalue weighted by Crippen LogP contribution is 2.05. The van der Waals surface area contributed by atoms with Crippen LogP contribution in [0.15, 0.2) is 10.6 Å². The zero-order valence-electron chi connectivity index (χ0n) is 9.00. The molecule has 0 bridgehead atoms. The standard InChI is InChI=1S/C10H16N2O2/c1-6(2)8(4)11-10(13)9-5-7(3)12-14-9/h5-6,8H,1-4H3,(H,11,13). The molecule has 14 heavy (non-hydrogen) atoms. The van der Waals surface area contributed by atoms with Gasteiger partial charge in [0.05, 0.1) is 5.69 Å². The van der Waals surface area contributed by atoms with Crippen molar-refractivity contribution < 1.29 is 9.32 Å². The first kappa shape index (κ1) is 10.8. The Balaban J connectivity index is 2.59. The maximum Gasteiger partial charge on any atom is 0.290 e. The number of hydrogen-bond acceptors (Lipinski definition) is 3. The lowest BCUT2D eigenvalue weighted by atomic mass is 10.1. The maximum absolute atomic E-state index is 11.5. The van der Waals surface area contributed by atoms with E-state index in [1.54, 1.807) is 13.0 Å². The molecule has 1 aromatic rings. The molecule has 1 heterocycles. The fourth-order valence-electron chi connectivity index (χ4n) is 0.915. The minimum absolute atomic E-state index is 0.132. The Morgan fingerprint density at radius 3 is 2.57 bits per heavy atom. The lowest BCUT2D eigenvalue weighted by Crippen LogP contribution is -2.35. The van der Waals surface area contributed by atoms with E-state index in [0.717, 1.165) is 0 Å². The second-order valence-electron chi connectivity index (χ2n) is 3.84. The third kappa shape index (κ3) is 2.58. The summed E-state index contributed by atoms with van der Waals surface area (Å²) in [5, 5.41) is 6.49. The largest absolute Gasteiger partial charge is 0.351 e. The zero-order chi connectivity index (χ0) is 10.7. The molecule has 0 spiro atoms. The lowest BCUT2D eigenvalue weighted by Gasteiger charge is -2.15. The van der Waals surface area contributed by atoms with E-state index in [0.29, 0.717) is 11.6 Å². The zero-order valence-corrected chi connectivity index (χ0v) is 9.00. The van der Waals surface area contributed by atoms with Crippen LogP contribution in [0.25, 0.3) is 0 Å². The molecule has 0 aliphatic rings. The summed E-state index contributed by atoms with van der Waals surface area (Å²) in [7, 11) is 0. The van der Waals surface area contributed by atoms with Crippen LogP contribution < -0.4 is 5.32 Å². The summed E-state index contributed by atoms with van der Waals surface area (Å²) < 4.78 is 4.84. The number of hydrogen-bond donors (Lipinski definition) is 1. The molecule has 1 rings (SSSR count). The van der Waals surface area contributed by atoms with Crippen LogP contribution in [0.2, 0.25) is 0 Å².